The monoisotopic (exact) mass is 289 g/mol. The van der Waals surface area contributed by atoms with E-state index < -0.39 is 10.0 Å². The highest BCUT2D eigenvalue weighted by Crippen LogP contribution is 2.21. The second-order valence-corrected chi connectivity index (χ2v) is 9.36. The molecule has 1 N–H and O–H groups in total. The number of allylic oxidation sites excluding steroid dienone is 1. The molecule has 4 heteroatoms. The van der Waals surface area contributed by atoms with Gasteiger partial charge in [0.1, 0.15) is 0 Å². The van der Waals surface area contributed by atoms with E-state index in [0.717, 1.165) is 12.8 Å². The predicted molar refractivity (Wildman–Crippen MR) is 83.7 cm³/mol. The third-order valence-corrected chi connectivity index (χ3v) is 4.54. The Morgan fingerprint density at radius 2 is 1.58 bits per heavy atom. The summed E-state index contributed by atoms with van der Waals surface area (Å²) in [6, 6.07) is -0.0690. The Morgan fingerprint density at radius 1 is 1.05 bits per heavy atom. The van der Waals surface area contributed by atoms with Gasteiger partial charge in [-0.15, -0.1) is 0 Å². The molecule has 0 saturated carbocycles. The lowest BCUT2D eigenvalue weighted by Gasteiger charge is -2.27. The summed E-state index contributed by atoms with van der Waals surface area (Å²) in [6.45, 7) is 14.5. The fourth-order valence-corrected chi connectivity index (χ4v) is 2.70. The van der Waals surface area contributed by atoms with Gasteiger partial charge in [0.05, 0.1) is 5.75 Å². The van der Waals surface area contributed by atoms with Crippen LogP contribution < -0.4 is 4.72 Å². The number of hydrogen-bond donors (Lipinski definition) is 1. The van der Waals surface area contributed by atoms with Gasteiger partial charge in [-0.05, 0) is 30.6 Å². The third kappa shape index (κ3) is 10.1. The van der Waals surface area contributed by atoms with E-state index in [-0.39, 0.29) is 17.2 Å². The van der Waals surface area contributed by atoms with Gasteiger partial charge < -0.3 is 0 Å². The number of sulfonamides is 1. The van der Waals surface area contributed by atoms with Crippen molar-refractivity contribution in [2.45, 2.75) is 67.3 Å². The molecule has 1 atom stereocenters. The second kappa shape index (κ2) is 6.89. The van der Waals surface area contributed by atoms with Crippen LogP contribution in [0, 0.1) is 10.8 Å². The molecule has 3 nitrogen and oxygen atoms in total. The van der Waals surface area contributed by atoms with Crippen molar-refractivity contribution in [1.82, 2.24) is 4.72 Å². The molecule has 0 rings (SSSR count). The molecule has 0 saturated heterocycles. The molecule has 0 fully saturated rings. The predicted octanol–water partition coefficient (Wildman–Crippen LogP) is 3.72. The normalized spacial score (nSPS) is 15.9. The molecule has 0 amide bonds. The summed E-state index contributed by atoms with van der Waals surface area (Å²) in [5, 5.41) is 0. The minimum atomic E-state index is -3.22. The Hall–Kier alpha value is -0.350. The van der Waals surface area contributed by atoms with Crippen molar-refractivity contribution in [3.05, 3.63) is 12.2 Å². The summed E-state index contributed by atoms with van der Waals surface area (Å²) in [4.78, 5) is 0. The Morgan fingerprint density at radius 3 is 2.00 bits per heavy atom. The topological polar surface area (TPSA) is 46.2 Å². The fraction of sp³-hybridized carbons (Fsp3) is 0.867. The quantitative estimate of drug-likeness (QED) is 0.757. The zero-order chi connectivity index (χ0) is 15.3. The van der Waals surface area contributed by atoms with Crippen LogP contribution in [-0.4, -0.2) is 20.2 Å². The average Bonchev–Trinajstić information content (AvgIpc) is 2.12. The van der Waals surface area contributed by atoms with Crippen molar-refractivity contribution in [3.63, 3.8) is 0 Å². The smallest absolute Gasteiger partial charge is 0.212 e. The molecular weight excluding hydrogens is 258 g/mol. The van der Waals surface area contributed by atoms with Crippen molar-refractivity contribution >= 4 is 10.0 Å². The molecule has 0 aliphatic carbocycles. The van der Waals surface area contributed by atoms with Gasteiger partial charge in [0.25, 0.3) is 0 Å². The van der Waals surface area contributed by atoms with E-state index in [9.17, 15) is 8.42 Å². The van der Waals surface area contributed by atoms with Gasteiger partial charge in [-0.25, -0.2) is 13.1 Å². The van der Waals surface area contributed by atoms with Gasteiger partial charge in [-0.2, -0.15) is 0 Å². The molecule has 0 bridgehead atoms. The molecule has 114 valence electrons. The molecule has 0 radical (unpaired) electrons. The van der Waals surface area contributed by atoms with E-state index >= 15 is 0 Å². The standard InChI is InChI=1S/C15H31NO2S/c1-13(15(5,6)7)16-19(17,18)12-10-8-9-11-14(2,3)4/h8,10,13,16H,9,11-12H2,1-7H3/b10-8+/t13-/m1/s1. The second-order valence-electron chi connectivity index (χ2n) is 7.56. The Labute approximate surface area is 119 Å². The van der Waals surface area contributed by atoms with Crippen molar-refractivity contribution in [2.24, 2.45) is 10.8 Å². The van der Waals surface area contributed by atoms with Crippen molar-refractivity contribution in [3.8, 4) is 0 Å². The maximum absolute atomic E-state index is 11.9. The first-order valence-corrected chi connectivity index (χ1v) is 8.64. The zero-order valence-electron chi connectivity index (χ0n) is 13.6. The first-order chi connectivity index (χ1) is 8.33. The molecular formula is C15H31NO2S. The highest BCUT2D eigenvalue weighted by molar-refractivity contribution is 7.89. The highest BCUT2D eigenvalue weighted by atomic mass is 32.2. The largest absolute Gasteiger partial charge is 0.215 e. The van der Waals surface area contributed by atoms with Gasteiger partial charge in [0.15, 0.2) is 0 Å². The summed E-state index contributed by atoms with van der Waals surface area (Å²) in [5.74, 6) is 0.0670. The lowest BCUT2D eigenvalue weighted by atomic mass is 9.89. The highest BCUT2D eigenvalue weighted by Gasteiger charge is 2.24. The van der Waals surface area contributed by atoms with Crippen LogP contribution in [-0.2, 0) is 10.0 Å². The van der Waals surface area contributed by atoms with Gasteiger partial charge in [0.2, 0.25) is 10.0 Å². The minimum Gasteiger partial charge on any atom is -0.212 e. The molecule has 0 aliphatic heterocycles. The fourth-order valence-electron chi connectivity index (χ4n) is 1.32. The van der Waals surface area contributed by atoms with Crippen LogP contribution in [0.4, 0.5) is 0 Å². The summed E-state index contributed by atoms with van der Waals surface area (Å²) in [5.41, 5.74) is 0.227. The Balaban J connectivity index is 4.22. The molecule has 0 spiro atoms. The SMILES string of the molecule is C[C@@H](NS(=O)(=O)C/C=C/CCC(C)(C)C)C(C)(C)C. The van der Waals surface area contributed by atoms with Crippen LogP contribution in [0.25, 0.3) is 0 Å². The van der Waals surface area contributed by atoms with Gasteiger partial charge in [-0.1, -0.05) is 53.7 Å². The molecule has 0 aromatic heterocycles. The Kier molecular flexibility index (Phi) is 6.76. The molecule has 0 aliphatic rings. The van der Waals surface area contributed by atoms with E-state index in [4.69, 9.17) is 0 Å². The number of rotatable bonds is 6. The summed E-state index contributed by atoms with van der Waals surface area (Å²) >= 11 is 0. The van der Waals surface area contributed by atoms with Crippen molar-refractivity contribution in [1.29, 1.82) is 0 Å². The molecule has 0 aromatic rings. The third-order valence-electron chi connectivity index (χ3n) is 3.20. The molecule has 0 unspecified atom stereocenters. The van der Waals surface area contributed by atoms with Gasteiger partial charge >= 0.3 is 0 Å². The van der Waals surface area contributed by atoms with Crippen LogP contribution in [0.5, 0.6) is 0 Å². The maximum Gasteiger partial charge on any atom is 0.215 e. The molecule has 0 aromatic carbocycles. The first kappa shape index (κ1) is 18.7. The minimum absolute atomic E-state index is 0.0664. The van der Waals surface area contributed by atoms with E-state index in [1.165, 1.54) is 0 Å². The summed E-state index contributed by atoms with van der Waals surface area (Å²) < 4.78 is 26.5. The van der Waals surface area contributed by atoms with Crippen molar-refractivity contribution < 1.29 is 8.42 Å². The number of hydrogen-bond acceptors (Lipinski definition) is 2. The number of nitrogens with one attached hydrogen (secondary N) is 1. The summed E-state index contributed by atoms with van der Waals surface area (Å²) in [6.07, 6.45) is 5.71. The van der Waals surface area contributed by atoms with Crippen LogP contribution in [0.15, 0.2) is 12.2 Å². The van der Waals surface area contributed by atoms with E-state index in [2.05, 4.69) is 25.5 Å². The zero-order valence-corrected chi connectivity index (χ0v) is 14.4. The average molecular weight is 289 g/mol. The maximum atomic E-state index is 11.9. The Bertz CT molecular complexity index is 383. The summed E-state index contributed by atoms with van der Waals surface area (Å²) in [7, 11) is -3.22. The van der Waals surface area contributed by atoms with Crippen LogP contribution in [0.1, 0.15) is 61.3 Å². The lowest BCUT2D eigenvalue weighted by molar-refractivity contribution is 0.318. The van der Waals surface area contributed by atoms with E-state index in [0.29, 0.717) is 5.41 Å². The van der Waals surface area contributed by atoms with Crippen LogP contribution in [0.3, 0.4) is 0 Å². The molecule has 19 heavy (non-hydrogen) atoms. The first-order valence-electron chi connectivity index (χ1n) is 6.98. The van der Waals surface area contributed by atoms with Crippen molar-refractivity contribution in [2.75, 3.05) is 5.75 Å². The lowest BCUT2D eigenvalue weighted by Crippen LogP contribution is -2.42. The van der Waals surface area contributed by atoms with Gasteiger partial charge in [-0.3, -0.25) is 0 Å². The van der Waals surface area contributed by atoms with Crippen LogP contribution in [0.2, 0.25) is 0 Å². The van der Waals surface area contributed by atoms with Crippen LogP contribution >= 0.6 is 0 Å². The molecule has 0 heterocycles. The van der Waals surface area contributed by atoms with E-state index in [1.807, 2.05) is 33.8 Å². The van der Waals surface area contributed by atoms with Gasteiger partial charge in [0, 0.05) is 6.04 Å². The van der Waals surface area contributed by atoms with E-state index in [1.54, 1.807) is 6.08 Å².